The normalized spacial score (nSPS) is 21.0. The van der Waals surface area contributed by atoms with E-state index in [1.54, 1.807) is 18.2 Å². The summed E-state index contributed by atoms with van der Waals surface area (Å²) in [5.74, 6) is -1.99. The predicted molar refractivity (Wildman–Crippen MR) is 129 cm³/mol. The van der Waals surface area contributed by atoms with Crippen LogP contribution in [0.25, 0.3) is 0 Å². The first-order valence-electron chi connectivity index (χ1n) is 11.8. The minimum atomic E-state index is -3.66. The minimum Gasteiger partial charge on any atom is -0.491 e. The number of hydrogen-bond donors (Lipinski definition) is 2. The Morgan fingerprint density at radius 1 is 1.06 bits per heavy atom. The quantitative estimate of drug-likeness (QED) is 0.637. The second-order valence-electron chi connectivity index (χ2n) is 8.82. The van der Waals surface area contributed by atoms with Crippen molar-refractivity contribution >= 4 is 27.6 Å². The number of nitrogens with zero attached hydrogens (tertiary/aromatic N) is 1. The summed E-state index contributed by atoms with van der Waals surface area (Å²) in [5, 5.41) is 5.48. The van der Waals surface area contributed by atoms with Gasteiger partial charge in [-0.1, -0.05) is 18.2 Å². The monoisotopic (exact) mass is 517 g/mol. The third-order valence-corrected chi connectivity index (χ3v) is 8.11. The molecule has 4 rings (SSSR count). The summed E-state index contributed by atoms with van der Waals surface area (Å²) in [6.45, 7) is 0.311. The number of ether oxygens (including phenoxy) is 1. The van der Waals surface area contributed by atoms with Crippen molar-refractivity contribution in [2.24, 2.45) is 0 Å². The highest BCUT2D eigenvalue weighted by Crippen LogP contribution is 2.28. The van der Waals surface area contributed by atoms with Gasteiger partial charge in [0.1, 0.15) is 18.2 Å². The first-order chi connectivity index (χ1) is 17.2. The average Bonchev–Trinajstić information content (AvgIpc) is 3.26. The van der Waals surface area contributed by atoms with Crippen LogP contribution in [0.1, 0.15) is 36.0 Å². The van der Waals surface area contributed by atoms with Crippen LogP contribution in [0.5, 0.6) is 5.75 Å². The number of nitrogens with one attached hydrogen (secondary N) is 2. The molecule has 11 heteroatoms. The third-order valence-electron chi connectivity index (χ3n) is 6.38. The summed E-state index contributed by atoms with van der Waals surface area (Å²) in [7, 11) is -3.66. The molecule has 1 saturated heterocycles. The van der Waals surface area contributed by atoms with Crippen LogP contribution >= 0.6 is 0 Å². The molecule has 2 heterocycles. The first kappa shape index (κ1) is 25.6. The van der Waals surface area contributed by atoms with E-state index in [1.165, 1.54) is 29.2 Å². The van der Waals surface area contributed by atoms with Gasteiger partial charge in [0, 0.05) is 31.5 Å². The van der Waals surface area contributed by atoms with Crippen molar-refractivity contribution in [3.63, 3.8) is 0 Å². The van der Waals surface area contributed by atoms with Gasteiger partial charge in [0.15, 0.2) is 9.84 Å². The summed E-state index contributed by atoms with van der Waals surface area (Å²) in [6.07, 6.45) is 0.875. The highest BCUT2D eigenvalue weighted by Gasteiger charge is 2.38. The Hall–Kier alpha value is -3.47. The topological polar surface area (TPSA) is 122 Å². The van der Waals surface area contributed by atoms with Crippen molar-refractivity contribution in [3.8, 4) is 5.75 Å². The fourth-order valence-corrected chi connectivity index (χ4v) is 5.87. The molecule has 2 N–H and O–H groups in total. The maximum Gasteiger partial charge on any atom is 0.255 e. The highest BCUT2D eigenvalue weighted by atomic mass is 32.2. The van der Waals surface area contributed by atoms with Gasteiger partial charge in [0.25, 0.3) is 5.91 Å². The van der Waals surface area contributed by atoms with E-state index in [0.29, 0.717) is 12.8 Å². The Morgan fingerprint density at radius 2 is 1.81 bits per heavy atom. The zero-order valence-corrected chi connectivity index (χ0v) is 20.4. The number of rotatable bonds is 4. The molecule has 0 unspecified atom stereocenters. The molecule has 2 aliphatic rings. The summed E-state index contributed by atoms with van der Waals surface area (Å²) in [4.78, 5) is 40.3. The summed E-state index contributed by atoms with van der Waals surface area (Å²) >= 11 is 0. The van der Waals surface area contributed by atoms with E-state index in [9.17, 15) is 27.2 Å². The molecule has 36 heavy (non-hydrogen) atoms. The van der Waals surface area contributed by atoms with Crippen LogP contribution < -0.4 is 15.4 Å². The van der Waals surface area contributed by atoms with Crippen LogP contribution in [0.15, 0.2) is 53.4 Å². The molecule has 0 aliphatic carbocycles. The molecule has 1 fully saturated rings. The van der Waals surface area contributed by atoms with Crippen molar-refractivity contribution in [2.45, 2.75) is 42.7 Å². The van der Waals surface area contributed by atoms with E-state index >= 15 is 0 Å². The van der Waals surface area contributed by atoms with Crippen molar-refractivity contribution in [1.29, 1.82) is 0 Å². The van der Waals surface area contributed by atoms with Crippen molar-refractivity contribution in [2.75, 3.05) is 25.4 Å². The lowest BCUT2D eigenvalue weighted by molar-refractivity contribution is -0.134. The Bertz CT molecular complexity index is 1240. The lowest BCUT2D eigenvalue weighted by Gasteiger charge is -2.31. The van der Waals surface area contributed by atoms with E-state index in [-0.39, 0.29) is 60.4 Å². The second-order valence-corrected chi connectivity index (χ2v) is 10.9. The number of halogens is 1. The lowest BCUT2D eigenvalue weighted by atomic mass is 10.1. The SMILES string of the molecule is O=C1C[C@@H]2CC[C@H](CNC(=O)c3cc(F)ccc3OCCN1)N2C(=O)CCS(=O)(=O)c1ccccc1. The molecule has 9 nitrogen and oxygen atoms in total. The van der Waals surface area contributed by atoms with Gasteiger partial charge in [-0.15, -0.1) is 0 Å². The number of hydrogen-bond acceptors (Lipinski definition) is 6. The molecular formula is C25H28FN3O6S. The molecule has 3 amide bonds. The smallest absolute Gasteiger partial charge is 0.255 e. The van der Waals surface area contributed by atoms with Gasteiger partial charge in [-0.25, -0.2) is 12.8 Å². The molecule has 0 saturated carbocycles. The molecule has 192 valence electrons. The van der Waals surface area contributed by atoms with Crippen LogP contribution in [-0.2, 0) is 19.4 Å². The number of carbonyl (C=O) groups is 3. The van der Waals surface area contributed by atoms with Gasteiger partial charge < -0.3 is 20.3 Å². The van der Waals surface area contributed by atoms with Crippen LogP contribution in [0.4, 0.5) is 4.39 Å². The van der Waals surface area contributed by atoms with Crippen LogP contribution in [0.2, 0.25) is 0 Å². The Morgan fingerprint density at radius 3 is 2.58 bits per heavy atom. The second kappa shape index (κ2) is 11.1. The molecule has 0 aromatic heterocycles. The standard InChI is InChI=1S/C25H28FN3O6S/c26-17-6-9-22-21(14-17)25(32)28-16-19-8-7-18(15-23(30)27-11-12-35-22)29(19)24(31)10-13-36(33,34)20-4-2-1-3-5-20/h1-6,9,14,18-19H,7-8,10-13,15-16H2,(H,27,30)(H,28,32)/t18-,19+/m0/s1. The van der Waals surface area contributed by atoms with Gasteiger partial charge in [-0.05, 0) is 43.2 Å². The molecule has 2 aromatic carbocycles. The average molecular weight is 518 g/mol. The van der Waals surface area contributed by atoms with Gasteiger partial charge in [0.2, 0.25) is 11.8 Å². The number of amides is 3. The Balaban J connectivity index is 1.52. The lowest BCUT2D eigenvalue weighted by Crippen LogP contribution is -2.48. The van der Waals surface area contributed by atoms with Crippen molar-refractivity contribution in [3.05, 3.63) is 59.9 Å². The molecular weight excluding hydrogens is 489 g/mol. The predicted octanol–water partition coefficient (Wildman–Crippen LogP) is 1.68. The summed E-state index contributed by atoms with van der Waals surface area (Å²) in [6, 6.07) is 10.7. The maximum absolute atomic E-state index is 13.8. The maximum atomic E-state index is 13.8. The molecule has 2 aromatic rings. The Kier molecular flexibility index (Phi) is 7.88. The van der Waals surface area contributed by atoms with Crippen molar-refractivity contribution in [1.82, 2.24) is 15.5 Å². The number of benzene rings is 2. The highest BCUT2D eigenvalue weighted by molar-refractivity contribution is 7.91. The molecule has 2 atom stereocenters. The largest absolute Gasteiger partial charge is 0.491 e. The third kappa shape index (κ3) is 6.01. The summed E-state index contributed by atoms with van der Waals surface area (Å²) < 4.78 is 44.8. The summed E-state index contributed by atoms with van der Waals surface area (Å²) in [5.41, 5.74) is 0.0137. The molecule has 0 radical (unpaired) electrons. The van der Waals surface area contributed by atoms with Crippen LogP contribution in [0, 0.1) is 5.82 Å². The number of sulfone groups is 1. The van der Waals surface area contributed by atoms with E-state index in [0.717, 1.165) is 6.07 Å². The number of fused-ring (bicyclic) bond motifs is 3. The molecule has 0 spiro atoms. The van der Waals surface area contributed by atoms with Gasteiger partial charge in [-0.3, -0.25) is 14.4 Å². The number of carbonyl (C=O) groups excluding carboxylic acids is 3. The molecule has 2 bridgehead atoms. The van der Waals surface area contributed by atoms with Crippen LogP contribution in [0.3, 0.4) is 0 Å². The fourth-order valence-electron chi connectivity index (χ4n) is 4.61. The van der Waals surface area contributed by atoms with Crippen molar-refractivity contribution < 1.29 is 31.9 Å². The first-order valence-corrected chi connectivity index (χ1v) is 13.5. The van der Waals surface area contributed by atoms with E-state index in [2.05, 4.69) is 10.6 Å². The van der Waals surface area contributed by atoms with E-state index in [1.807, 2.05) is 0 Å². The van der Waals surface area contributed by atoms with Gasteiger partial charge in [-0.2, -0.15) is 0 Å². The zero-order valence-electron chi connectivity index (χ0n) is 19.6. The minimum absolute atomic E-state index is 0.0137. The zero-order chi connectivity index (χ0) is 25.7. The van der Waals surface area contributed by atoms with Crippen LogP contribution in [-0.4, -0.2) is 68.6 Å². The van der Waals surface area contributed by atoms with Gasteiger partial charge >= 0.3 is 0 Å². The van der Waals surface area contributed by atoms with E-state index in [4.69, 9.17) is 4.74 Å². The Labute approximate surface area is 208 Å². The fraction of sp³-hybridized carbons (Fsp3) is 0.400. The molecule has 2 aliphatic heterocycles. The van der Waals surface area contributed by atoms with Gasteiger partial charge in [0.05, 0.1) is 22.8 Å². The van der Waals surface area contributed by atoms with E-state index < -0.39 is 39.6 Å².